The van der Waals surface area contributed by atoms with Crippen LogP contribution < -0.4 is 10.6 Å². The maximum absolute atomic E-state index is 12.2. The third-order valence-electron chi connectivity index (χ3n) is 4.77. The van der Waals surface area contributed by atoms with E-state index in [-0.39, 0.29) is 10.9 Å². The zero-order valence-corrected chi connectivity index (χ0v) is 17.8. The van der Waals surface area contributed by atoms with Gasteiger partial charge in [-0.3, -0.25) is 9.20 Å². The number of hydrogen-bond donors (Lipinski definition) is 2. The summed E-state index contributed by atoms with van der Waals surface area (Å²) < 4.78 is 2.00. The Hall–Kier alpha value is -2.90. The number of aromatic nitrogens is 4. The minimum absolute atomic E-state index is 0.229. The molecule has 1 amide bonds. The first kappa shape index (κ1) is 20.4. The number of nitrogens with one attached hydrogen (secondary N) is 2. The first-order valence-corrected chi connectivity index (χ1v) is 10.4. The highest BCUT2D eigenvalue weighted by Gasteiger charge is 2.13. The summed E-state index contributed by atoms with van der Waals surface area (Å²) in [5.41, 5.74) is 2.94. The van der Waals surface area contributed by atoms with Crippen molar-refractivity contribution in [3.63, 3.8) is 0 Å². The highest BCUT2D eigenvalue weighted by Crippen LogP contribution is 2.25. The number of hydrogen-bond acceptors (Lipinski definition) is 5. The quantitative estimate of drug-likeness (QED) is 0.411. The van der Waals surface area contributed by atoms with Crippen molar-refractivity contribution in [2.75, 3.05) is 18.4 Å². The molecule has 0 aliphatic carbocycles. The van der Waals surface area contributed by atoms with Crippen LogP contribution in [0.4, 0.5) is 5.82 Å². The Labute approximate surface area is 183 Å². The predicted molar refractivity (Wildman–Crippen MR) is 120 cm³/mol. The Morgan fingerprint density at radius 3 is 2.70 bits per heavy atom. The van der Waals surface area contributed by atoms with E-state index in [0.29, 0.717) is 35.1 Å². The van der Waals surface area contributed by atoms with Gasteiger partial charge in [0.15, 0.2) is 5.82 Å². The summed E-state index contributed by atoms with van der Waals surface area (Å²) in [6, 6.07) is 12.9. The lowest BCUT2D eigenvalue weighted by Crippen LogP contribution is -2.25. The second kappa shape index (κ2) is 8.85. The summed E-state index contributed by atoms with van der Waals surface area (Å²) in [7, 11) is 0. The second-order valence-electron chi connectivity index (χ2n) is 6.85. The summed E-state index contributed by atoms with van der Waals surface area (Å²) in [5, 5.41) is 15.3. The van der Waals surface area contributed by atoms with Crippen molar-refractivity contribution in [2.24, 2.45) is 0 Å². The topological polar surface area (TPSA) is 84.2 Å². The Balaban J connectivity index is 1.33. The summed E-state index contributed by atoms with van der Waals surface area (Å²) in [4.78, 5) is 16.9. The number of para-hydroxylation sites is 2. The van der Waals surface area contributed by atoms with E-state index in [1.807, 2.05) is 35.6 Å². The number of halogens is 2. The molecule has 0 atom stereocenters. The third kappa shape index (κ3) is 4.04. The van der Waals surface area contributed by atoms with Crippen LogP contribution in [-0.4, -0.2) is 38.6 Å². The summed E-state index contributed by atoms with van der Waals surface area (Å²) in [6.07, 6.45) is 1.64. The molecule has 0 aliphatic rings. The number of unbranched alkanes of at least 4 members (excludes halogenated alkanes) is 1. The van der Waals surface area contributed by atoms with Gasteiger partial charge in [0.25, 0.3) is 5.91 Å². The van der Waals surface area contributed by atoms with Gasteiger partial charge in [-0.2, -0.15) is 0 Å². The van der Waals surface area contributed by atoms with E-state index in [0.717, 1.165) is 29.7 Å². The minimum Gasteiger partial charge on any atom is -0.367 e. The molecule has 0 aliphatic heterocycles. The number of carbonyl (C=O) groups is 1. The van der Waals surface area contributed by atoms with Gasteiger partial charge in [-0.05, 0) is 44.0 Å². The van der Waals surface area contributed by atoms with Crippen molar-refractivity contribution in [3.8, 4) is 0 Å². The number of aryl methyl sites for hydroxylation is 1. The number of rotatable bonds is 7. The predicted octanol–water partition coefficient (Wildman–Crippen LogP) is 4.51. The van der Waals surface area contributed by atoms with E-state index in [1.165, 1.54) is 0 Å². The zero-order chi connectivity index (χ0) is 21.1. The zero-order valence-electron chi connectivity index (χ0n) is 16.3. The summed E-state index contributed by atoms with van der Waals surface area (Å²) in [5.74, 6) is 1.28. The van der Waals surface area contributed by atoms with E-state index in [9.17, 15) is 4.79 Å². The molecule has 0 fully saturated rings. The average Bonchev–Trinajstić information content (AvgIpc) is 3.14. The van der Waals surface area contributed by atoms with Crippen molar-refractivity contribution in [1.29, 1.82) is 0 Å². The van der Waals surface area contributed by atoms with Crippen molar-refractivity contribution in [1.82, 2.24) is 24.9 Å². The molecule has 0 radical (unpaired) electrons. The number of benzene rings is 2. The minimum atomic E-state index is -0.229. The van der Waals surface area contributed by atoms with Crippen LogP contribution in [0.5, 0.6) is 0 Å². The van der Waals surface area contributed by atoms with E-state index in [2.05, 4.69) is 25.8 Å². The Morgan fingerprint density at radius 1 is 1.03 bits per heavy atom. The fraction of sp³-hybridized carbons (Fsp3) is 0.238. The number of nitrogens with zero attached hydrogens (tertiary/aromatic N) is 4. The van der Waals surface area contributed by atoms with Gasteiger partial charge in [0.2, 0.25) is 5.65 Å². The van der Waals surface area contributed by atoms with Gasteiger partial charge in [0, 0.05) is 13.1 Å². The summed E-state index contributed by atoms with van der Waals surface area (Å²) in [6.45, 7) is 3.15. The molecule has 2 aromatic heterocycles. The molecule has 0 unspecified atom stereocenters. The Bertz CT molecular complexity index is 1220. The van der Waals surface area contributed by atoms with E-state index in [1.54, 1.807) is 18.2 Å². The van der Waals surface area contributed by atoms with Crippen molar-refractivity contribution >= 4 is 51.6 Å². The van der Waals surface area contributed by atoms with Gasteiger partial charge in [0.05, 0.1) is 26.6 Å². The van der Waals surface area contributed by atoms with Crippen molar-refractivity contribution in [2.45, 2.75) is 19.8 Å². The average molecular weight is 443 g/mol. The van der Waals surface area contributed by atoms with Crippen LogP contribution in [-0.2, 0) is 0 Å². The van der Waals surface area contributed by atoms with Crippen LogP contribution in [0.2, 0.25) is 10.0 Å². The summed E-state index contributed by atoms with van der Waals surface area (Å²) >= 11 is 12.0. The smallest absolute Gasteiger partial charge is 0.252 e. The molecule has 30 heavy (non-hydrogen) atoms. The maximum atomic E-state index is 12.2. The lowest BCUT2D eigenvalue weighted by molar-refractivity contribution is 0.0953. The van der Waals surface area contributed by atoms with Crippen molar-refractivity contribution in [3.05, 3.63) is 63.9 Å². The molecule has 2 aromatic carbocycles. The van der Waals surface area contributed by atoms with Crippen LogP contribution in [0.1, 0.15) is 29.0 Å². The normalized spacial score (nSPS) is 11.2. The molecule has 4 aromatic rings. The standard InChI is InChI=1S/C21H20Cl2N6O/c1-13-27-28-20-19(26-16-9-2-3-10-17(16)29(13)20)24-11-4-5-12-25-21(30)14-7-6-8-15(22)18(14)23/h2-3,6-10H,4-5,11-12H2,1H3,(H,24,26)(H,25,30). The van der Waals surface area contributed by atoms with Gasteiger partial charge < -0.3 is 10.6 Å². The molecule has 9 heteroatoms. The first-order chi connectivity index (χ1) is 14.6. The molecule has 0 spiro atoms. The van der Waals surface area contributed by atoms with Gasteiger partial charge in [-0.1, -0.05) is 41.4 Å². The maximum Gasteiger partial charge on any atom is 0.252 e. The lowest BCUT2D eigenvalue weighted by atomic mass is 10.2. The number of fused-ring (bicyclic) bond motifs is 3. The van der Waals surface area contributed by atoms with Crippen LogP contribution in [0, 0.1) is 6.92 Å². The number of amides is 1. The molecule has 4 rings (SSSR count). The van der Waals surface area contributed by atoms with E-state index >= 15 is 0 Å². The second-order valence-corrected chi connectivity index (χ2v) is 7.63. The SMILES string of the molecule is Cc1nnc2c(NCCCCNC(=O)c3cccc(Cl)c3Cl)nc3ccccc3n12. The van der Waals surface area contributed by atoms with Gasteiger partial charge in [-0.25, -0.2) is 4.98 Å². The van der Waals surface area contributed by atoms with E-state index in [4.69, 9.17) is 23.2 Å². The highest BCUT2D eigenvalue weighted by atomic mass is 35.5. The molecule has 0 saturated heterocycles. The molecular weight excluding hydrogens is 423 g/mol. The van der Waals surface area contributed by atoms with Crippen LogP contribution >= 0.6 is 23.2 Å². The van der Waals surface area contributed by atoms with Crippen LogP contribution in [0.3, 0.4) is 0 Å². The molecule has 7 nitrogen and oxygen atoms in total. The van der Waals surface area contributed by atoms with E-state index < -0.39 is 0 Å². The fourth-order valence-corrected chi connectivity index (χ4v) is 3.66. The van der Waals surface area contributed by atoms with Gasteiger partial charge in [-0.15, -0.1) is 10.2 Å². The van der Waals surface area contributed by atoms with Gasteiger partial charge in [0.1, 0.15) is 5.82 Å². The fourth-order valence-electron chi connectivity index (χ4n) is 3.27. The molecule has 0 bridgehead atoms. The Kier molecular flexibility index (Phi) is 6.01. The largest absolute Gasteiger partial charge is 0.367 e. The third-order valence-corrected chi connectivity index (χ3v) is 5.59. The molecule has 0 saturated carbocycles. The first-order valence-electron chi connectivity index (χ1n) is 9.63. The Morgan fingerprint density at radius 2 is 1.83 bits per heavy atom. The highest BCUT2D eigenvalue weighted by molar-refractivity contribution is 6.43. The monoisotopic (exact) mass is 442 g/mol. The lowest BCUT2D eigenvalue weighted by Gasteiger charge is -2.10. The molecular formula is C21H20Cl2N6O. The van der Waals surface area contributed by atoms with Gasteiger partial charge >= 0.3 is 0 Å². The van der Waals surface area contributed by atoms with Crippen LogP contribution in [0.25, 0.3) is 16.7 Å². The molecule has 154 valence electrons. The number of carbonyl (C=O) groups excluding carboxylic acids is 1. The molecule has 2 heterocycles. The van der Waals surface area contributed by atoms with Crippen molar-refractivity contribution < 1.29 is 4.79 Å². The number of anilines is 1. The van der Waals surface area contributed by atoms with Crippen LogP contribution in [0.15, 0.2) is 42.5 Å². The molecule has 2 N–H and O–H groups in total.